The Labute approximate surface area is 168 Å². The standard InChI is InChI=1S/C19H22Cl2N2O2S/c1-25-10-4-9-23-18(24)12-26-19(14-5-2-3-6-16(14)21)15-11-13(20)7-8-17(15)22/h2-3,5-8,11,19H,4,9-10,12,22H2,1H3,(H,23,24). The van der Waals surface area contributed by atoms with Gasteiger partial charge in [0, 0.05) is 36.0 Å². The molecule has 0 radical (unpaired) electrons. The van der Waals surface area contributed by atoms with Crippen molar-refractivity contribution in [3.8, 4) is 0 Å². The van der Waals surface area contributed by atoms with Crippen LogP contribution in [0.1, 0.15) is 22.8 Å². The molecule has 0 spiro atoms. The molecule has 0 bridgehead atoms. The third kappa shape index (κ3) is 6.09. The van der Waals surface area contributed by atoms with Crippen LogP contribution < -0.4 is 11.1 Å². The summed E-state index contributed by atoms with van der Waals surface area (Å²) in [5.74, 6) is 0.248. The highest BCUT2D eigenvalue weighted by atomic mass is 35.5. The summed E-state index contributed by atoms with van der Waals surface area (Å²) < 4.78 is 4.98. The number of carbonyl (C=O) groups is 1. The SMILES string of the molecule is COCCCNC(=O)CSC(c1cc(Cl)ccc1N)c1ccccc1Cl. The van der Waals surface area contributed by atoms with Crippen molar-refractivity contribution in [1.29, 1.82) is 0 Å². The van der Waals surface area contributed by atoms with E-state index in [0.717, 1.165) is 17.5 Å². The molecule has 1 amide bonds. The molecule has 0 aliphatic heterocycles. The molecule has 0 saturated carbocycles. The molecule has 1 atom stereocenters. The predicted molar refractivity (Wildman–Crippen MR) is 111 cm³/mol. The van der Waals surface area contributed by atoms with E-state index < -0.39 is 0 Å². The minimum atomic E-state index is -0.188. The largest absolute Gasteiger partial charge is 0.398 e. The highest BCUT2D eigenvalue weighted by Crippen LogP contribution is 2.42. The van der Waals surface area contributed by atoms with E-state index in [4.69, 9.17) is 33.7 Å². The second kappa shape index (κ2) is 10.7. The van der Waals surface area contributed by atoms with Crippen LogP contribution in [0.15, 0.2) is 42.5 Å². The maximum Gasteiger partial charge on any atom is 0.230 e. The Morgan fingerprint density at radius 2 is 2.00 bits per heavy atom. The van der Waals surface area contributed by atoms with Crippen molar-refractivity contribution in [1.82, 2.24) is 5.32 Å². The normalized spacial score (nSPS) is 12.0. The first-order chi connectivity index (χ1) is 12.5. The Kier molecular flexibility index (Phi) is 8.59. The summed E-state index contributed by atoms with van der Waals surface area (Å²) in [7, 11) is 1.64. The van der Waals surface area contributed by atoms with Crippen LogP contribution in [0.5, 0.6) is 0 Å². The van der Waals surface area contributed by atoms with E-state index in [0.29, 0.717) is 28.9 Å². The topological polar surface area (TPSA) is 64.3 Å². The summed E-state index contributed by atoms with van der Waals surface area (Å²) in [5.41, 5.74) is 8.54. The zero-order valence-electron chi connectivity index (χ0n) is 14.5. The van der Waals surface area contributed by atoms with Crippen molar-refractivity contribution in [3.63, 3.8) is 0 Å². The molecule has 0 aliphatic rings. The fourth-order valence-corrected chi connectivity index (χ4v) is 4.14. The number of carbonyl (C=O) groups excluding carboxylic acids is 1. The number of methoxy groups -OCH3 is 1. The van der Waals surface area contributed by atoms with Crippen molar-refractivity contribution in [2.24, 2.45) is 0 Å². The van der Waals surface area contributed by atoms with Crippen LogP contribution in [-0.2, 0) is 9.53 Å². The van der Waals surface area contributed by atoms with Crippen LogP contribution in [0.4, 0.5) is 5.69 Å². The van der Waals surface area contributed by atoms with Gasteiger partial charge in [0.1, 0.15) is 0 Å². The summed E-state index contributed by atoms with van der Waals surface area (Å²) in [4.78, 5) is 12.1. The number of thioether (sulfide) groups is 1. The summed E-state index contributed by atoms with van der Waals surface area (Å²) in [5, 5.41) is 3.92. The number of hydrogen-bond acceptors (Lipinski definition) is 4. The molecular formula is C19H22Cl2N2O2S. The van der Waals surface area contributed by atoms with Gasteiger partial charge in [0.05, 0.1) is 11.0 Å². The predicted octanol–water partition coefficient (Wildman–Crippen LogP) is 4.55. The van der Waals surface area contributed by atoms with E-state index in [1.54, 1.807) is 19.2 Å². The lowest BCUT2D eigenvalue weighted by Gasteiger charge is -2.20. The van der Waals surface area contributed by atoms with Crippen molar-refractivity contribution in [2.75, 3.05) is 31.7 Å². The van der Waals surface area contributed by atoms with Crippen molar-refractivity contribution in [3.05, 3.63) is 63.6 Å². The number of ether oxygens (including phenoxy) is 1. The molecule has 4 nitrogen and oxygen atoms in total. The molecule has 2 aromatic rings. The maximum absolute atomic E-state index is 12.1. The highest BCUT2D eigenvalue weighted by Gasteiger charge is 2.21. The number of anilines is 1. The number of amides is 1. The van der Waals surface area contributed by atoms with Crippen molar-refractivity contribution < 1.29 is 9.53 Å². The summed E-state index contributed by atoms with van der Waals surface area (Å²) in [6, 6.07) is 12.9. The maximum atomic E-state index is 12.1. The van der Waals surface area contributed by atoms with Crippen LogP contribution in [0.25, 0.3) is 0 Å². The number of nitrogen functional groups attached to an aromatic ring is 1. The lowest BCUT2D eigenvalue weighted by Crippen LogP contribution is -2.27. The number of halogens is 2. The number of rotatable bonds is 9. The average Bonchev–Trinajstić information content (AvgIpc) is 2.63. The second-order valence-corrected chi connectivity index (χ2v) is 7.62. The number of hydrogen-bond donors (Lipinski definition) is 2. The Morgan fingerprint density at radius 1 is 1.23 bits per heavy atom. The third-order valence-electron chi connectivity index (χ3n) is 3.75. The minimum absolute atomic E-state index is 0.0382. The van der Waals surface area contributed by atoms with Gasteiger partial charge in [0.25, 0.3) is 0 Å². The molecular weight excluding hydrogens is 391 g/mol. The fraction of sp³-hybridized carbons (Fsp3) is 0.316. The molecule has 140 valence electrons. The van der Waals surface area contributed by atoms with E-state index in [1.807, 2.05) is 30.3 Å². The highest BCUT2D eigenvalue weighted by molar-refractivity contribution is 8.00. The summed E-state index contributed by atoms with van der Waals surface area (Å²) >= 11 is 14.0. The van der Waals surface area contributed by atoms with Gasteiger partial charge in [-0.1, -0.05) is 41.4 Å². The molecule has 0 saturated heterocycles. The minimum Gasteiger partial charge on any atom is -0.398 e. The van der Waals surface area contributed by atoms with Crippen LogP contribution in [0.2, 0.25) is 10.0 Å². The van der Waals surface area contributed by atoms with Crippen molar-refractivity contribution in [2.45, 2.75) is 11.7 Å². The van der Waals surface area contributed by atoms with Gasteiger partial charge in [0.2, 0.25) is 5.91 Å². The van der Waals surface area contributed by atoms with E-state index in [1.165, 1.54) is 11.8 Å². The van der Waals surface area contributed by atoms with E-state index >= 15 is 0 Å². The monoisotopic (exact) mass is 412 g/mol. The zero-order chi connectivity index (χ0) is 18.9. The lowest BCUT2D eigenvalue weighted by atomic mass is 10.0. The van der Waals surface area contributed by atoms with Crippen LogP contribution in [0.3, 0.4) is 0 Å². The number of benzene rings is 2. The van der Waals surface area contributed by atoms with Gasteiger partial charge >= 0.3 is 0 Å². The second-order valence-electron chi connectivity index (χ2n) is 5.68. The molecule has 3 N–H and O–H groups in total. The van der Waals surface area contributed by atoms with Gasteiger partial charge in [0.15, 0.2) is 0 Å². The van der Waals surface area contributed by atoms with E-state index in [2.05, 4.69) is 5.32 Å². The van der Waals surface area contributed by atoms with E-state index in [9.17, 15) is 4.79 Å². The van der Waals surface area contributed by atoms with Crippen molar-refractivity contribution >= 4 is 46.6 Å². The first kappa shape index (κ1) is 20.9. The zero-order valence-corrected chi connectivity index (χ0v) is 16.8. The first-order valence-electron chi connectivity index (χ1n) is 8.19. The Hall–Kier alpha value is -1.40. The third-order valence-corrected chi connectivity index (χ3v) is 5.60. The lowest BCUT2D eigenvalue weighted by molar-refractivity contribution is -0.118. The smallest absolute Gasteiger partial charge is 0.230 e. The Bertz CT molecular complexity index is 743. The van der Waals surface area contributed by atoms with Crippen LogP contribution in [0, 0.1) is 0 Å². The van der Waals surface area contributed by atoms with Crippen LogP contribution in [-0.4, -0.2) is 31.9 Å². The first-order valence-corrected chi connectivity index (χ1v) is 10.00. The molecule has 7 heteroatoms. The quantitative estimate of drug-likeness (QED) is 0.468. The molecule has 26 heavy (non-hydrogen) atoms. The molecule has 2 rings (SSSR count). The van der Waals surface area contributed by atoms with Gasteiger partial charge in [-0.3, -0.25) is 4.79 Å². The summed E-state index contributed by atoms with van der Waals surface area (Å²) in [6.07, 6.45) is 0.780. The van der Waals surface area contributed by atoms with Gasteiger partial charge in [-0.2, -0.15) is 0 Å². The van der Waals surface area contributed by atoms with Gasteiger partial charge in [-0.05, 0) is 41.8 Å². The molecule has 0 fully saturated rings. The van der Waals surface area contributed by atoms with Gasteiger partial charge in [-0.25, -0.2) is 0 Å². The Balaban J connectivity index is 2.16. The molecule has 0 heterocycles. The number of nitrogens with one attached hydrogen (secondary N) is 1. The van der Waals surface area contributed by atoms with Gasteiger partial charge < -0.3 is 15.8 Å². The molecule has 1 unspecified atom stereocenters. The molecule has 2 aromatic carbocycles. The fourth-order valence-electron chi connectivity index (χ4n) is 2.46. The summed E-state index contributed by atoms with van der Waals surface area (Å²) in [6.45, 7) is 1.21. The molecule has 0 aliphatic carbocycles. The number of nitrogens with two attached hydrogens (primary N) is 1. The Morgan fingerprint density at radius 3 is 2.73 bits per heavy atom. The van der Waals surface area contributed by atoms with Gasteiger partial charge in [-0.15, -0.1) is 11.8 Å². The van der Waals surface area contributed by atoms with Crippen LogP contribution >= 0.6 is 35.0 Å². The average molecular weight is 413 g/mol. The van der Waals surface area contributed by atoms with E-state index in [-0.39, 0.29) is 16.9 Å². The molecule has 0 aromatic heterocycles.